The van der Waals surface area contributed by atoms with Gasteiger partial charge >= 0.3 is 0 Å². The van der Waals surface area contributed by atoms with Crippen LogP contribution in [0.2, 0.25) is 0 Å². The van der Waals surface area contributed by atoms with Crippen LogP contribution in [0.15, 0.2) is 35.5 Å². The van der Waals surface area contributed by atoms with Crippen molar-refractivity contribution in [2.45, 2.75) is 38.3 Å². The highest BCUT2D eigenvalue weighted by Crippen LogP contribution is 2.14. The molecule has 0 radical (unpaired) electrons. The molecule has 1 heterocycles. The van der Waals surface area contributed by atoms with E-state index < -0.39 is 10.0 Å². The van der Waals surface area contributed by atoms with Crippen LogP contribution in [0.25, 0.3) is 0 Å². The maximum absolute atomic E-state index is 12.3. The number of aromatic nitrogens is 2. The van der Waals surface area contributed by atoms with Gasteiger partial charge in [-0.15, -0.1) is 0 Å². The number of imidazole rings is 1. The van der Waals surface area contributed by atoms with Gasteiger partial charge in [0.25, 0.3) is 5.91 Å². The summed E-state index contributed by atoms with van der Waals surface area (Å²) in [6.07, 6.45) is 4.51. The Kier molecular flexibility index (Phi) is 5.17. The molecule has 1 aromatic carbocycles. The largest absolute Gasteiger partial charge is 0.345 e. The number of nitrogens with one attached hydrogen (secondary N) is 1. The molecule has 3 N–H and O–H groups in total. The molecule has 7 nitrogen and oxygen atoms in total. The summed E-state index contributed by atoms with van der Waals surface area (Å²) in [5, 5.41) is 7.87. The Balaban J connectivity index is 2.16. The van der Waals surface area contributed by atoms with Crippen LogP contribution in [0.5, 0.6) is 0 Å². The van der Waals surface area contributed by atoms with Crippen LogP contribution in [0.1, 0.15) is 35.1 Å². The van der Waals surface area contributed by atoms with Crippen molar-refractivity contribution >= 4 is 15.9 Å². The zero-order valence-electron chi connectivity index (χ0n) is 13.1. The highest BCUT2D eigenvalue weighted by Gasteiger charge is 2.15. The Morgan fingerprint density at radius 3 is 2.78 bits per heavy atom. The van der Waals surface area contributed by atoms with Gasteiger partial charge in [0.15, 0.2) is 0 Å². The number of rotatable bonds is 6. The van der Waals surface area contributed by atoms with E-state index in [1.165, 1.54) is 12.1 Å². The highest BCUT2D eigenvalue weighted by molar-refractivity contribution is 7.89. The molecule has 1 aromatic heterocycles. The standard InChI is InChI=1S/C15H20N4O3S/c1-3-7-19-8-6-17-14(19)10-18-15(20)13-9-12(23(16,21)22)5-4-11(13)2/h4-6,8-9H,3,7,10H2,1-2H3,(H,18,20)(H2,16,21,22). The van der Waals surface area contributed by atoms with E-state index in [0.29, 0.717) is 5.56 Å². The third-order valence-electron chi connectivity index (χ3n) is 3.46. The fourth-order valence-electron chi connectivity index (χ4n) is 2.23. The average molecular weight is 336 g/mol. The Morgan fingerprint density at radius 2 is 2.13 bits per heavy atom. The highest BCUT2D eigenvalue weighted by atomic mass is 32.2. The Bertz CT molecular complexity index is 812. The van der Waals surface area contributed by atoms with Crippen molar-refractivity contribution < 1.29 is 13.2 Å². The van der Waals surface area contributed by atoms with E-state index in [-0.39, 0.29) is 22.9 Å². The molecule has 2 aromatic rings. The van der Waals surface area contributed by atoms with Crippen molar-refractivity contribution in [2.75, 3.05) is 0 Å². The predicted molar refractivity (Wildman–Crippen MR) is 86.2 cm³/mol. The van der Waals surface area contributed by atoms with Crippen LogP contribution >= 0.6 is 0 Å². The first-order valence-electron chi connectivity index (χ1n) is 7.24. The first kappa shape index (κ1) is 17.2. The normalized spacial score (nSPS) is 11.4. The second-order valence-electron chi connectivity index (χ2n) is 5.24. The molecule has 0 spiro atoms. The third kappa shape index (κ3) is 4.17. The van der Waals surface area contributed by atoms with Gasteiger partial charge in [0.1, 0.15) is 5.82 Å². The molecular weight excluding hydrogens is 316 g/mol. The minimum Gasteiger partial charge on any atom is -0.345 e. The predicted octanol–water partition coefficient (Wildman–Crippen LogP) is 1.18. The smallest absolute Gasteiger partial charge is 0.251 e. The lowest BCUT2D eigenvalue weighted by atomic mass is 10.1. The van der Waals surface area contributed by atoms with Crippen molar-refractivity contribution in [1.29, 1.82) is 0 Å². The molecule has 0 bridgehead atoms. The van der Waals surface area contributed by atoms with Gasteiger partial charge in [0, 0.05) is 24.5 Å². The van der Waals surface area contributed by atoms with Crippen LogP contribution in [0.3, 0.4) is 0 Å². The molecule has 0 saturated carbocycles. The van der Waals surface area contributed by atoms with Gasteiger partial charge < -0.3 is 9.88 Å². The number of amides is 1. The minimum atomic E-state index is -3.84. The first-order valence-corrected chi connectivity index (χ1v) is 8.79. The van der Waals surface area contributed by atoms with Crippen LogP contribution in [-0.4, -0.2) is 23.9 Å². The molecule has 0 aliphatic heterocycles. The molecule has 0 aliphatic carbocycles. The third-order valence-corrected chi connectivity index (χ3v) is 4.37. The Hall–Kier alpha value is -2.19. The monoisotopic (exact) mass is 336 g/mol. The number of aryl methyl sites for hydroxylation is 2. The topological polar surface area (TPSA) is 107 Å². The van der Waals surface area contributed by atoms with E-state index in [0.717, 1.165) is 18.8 Å². The molecule has 8 heteroatoms. The number of nitrogens with two attached hydrogens (primary N) is 1. The van der Waals surface area contributed by atoms with Crippen molar-refractivity contribution in [1.82, 2.24) is 14.9 Å². The van der Waals surface area contributed by atoms with E-state index >= 15 is 0 Å². The number of carbonyl (C=O) groups is 1. The fraction of sp³-hybridized carbons (Fsp3) is 0.333. The van der Waals surface area contributed by atoms with Gasteiger partial charge in [-0.1, -0.05) is 13.0 Å². The molecule has 0 saturated heterocycles. The summed E-state index contributed by atoms with van der Waals surface area (Å²) >= 11 is 0. The number of sulfonamides is 1. The van der Waals surface area contributed by atoms with Gasteiger partial charge in [0.05, 0.1) is 11.4 Å². The molecule has 2 rings (SSSR count). The zero-order chi connectivity index (χ0) is 17.0. The molecule has 0 unspecified atom stereocenters. The molecule has 124 valence electrons. The van der Waals surface area contributed by atoms with Gasteiger partial charge in [-0.3, -0.25) is 4.79 Å². The summed E-state index contributed by atoms with van der Waals surface area (Å²) in [6, 6.07) is 4.24. The Labute approximate surface area is 135 Å². The number of hydrogen-bond donors (Lipinski definition) is 2. The van der Waals surface area contributed by atoms with E-state index in [1.54, 1.807) is 19.2 Å². The second-order valence-corrected chi connectivity index (χ2v) is 6.80. The fourth-order valence-corrected chi connectivity index (χ4v) is 2.77. The Morgan fingerprint density at radius 1 is 1.39 bits per heavy atom. The van der Waals surface area contributed by atoms with Crippen molar-refractivity contribution in [2.24, 2.45) is 5.14 Å². The maximum atomic E-state index is 12.3. The summed E-state index contributed by atoms with van der Waals surface area (Å²) in [4.78, 5) is 16.5. The maximum Gasteiger partial charge on any atom is 0.251 e. The lowest BCUT2D eigenvalue weighted by molar-refractivity contribution is 0.0948. The molecule has 0 aliphatic rings. The van der Waals surface area contributed by atoms with Gasteiger partial charge in [-0.2, -0.15) is 0 Å². The lowest BCUT2D eigenvalue weighted by Crippen LogP contribution is -2.26. The quantitative estimate of drug-likeness (QED) is 0.826. The van der Waals surface area contributed by atoms with Crippen LogP contribution in [-0.2, 0) is 23.1 Å². The zero-order valence-corrected chi connectivity index (χ0v) is 13.9. The summed E-state index contributed by atoms with van der Waals surface area (Å²) in [6.45, 7) is 4.89. The van der Waals surface area contributed by atoms with E-state index in [2.05, 4.69) is 17.2 Å². The van der Waals surface area contributed by atoms with Gasteiger partial charge in [-0.25, -0.2) is 18.5 Å². The van der Waals surface area contributed by atoms with Crippen molar-refractivity contribution in [3.63, 3.8) is 0 Å². The number of carbonyl (C=O) groups excluding carboxylic acids is 1. The minimum absolute atomic E-state index is 0.0827. The summed E-state index contributed by atoms with van der Waals surface area (Å²) in [5.74, 6) is 0.388. The summed E-state index contributed by atoms with van der Waals surface area (Å²) < 4.78 is 24.8. The molecule has 1 amide bonds. The van der Waals surface area contributed by atoms with E-state index in [1.807, 2.05) is 10.8 Å². The molecule has 23 heavy (non-hydrogen) atoms. The summed E-state index contributed by atoms with van der Waals surface area (Å²) in [7, 11) is -3.84. The van der Waals surface area contributed by atoms with E-state index in [4.69, 9.17) is 5.14 Å². The first-order chi connectivity index (χ1) is 10.8. The van der Waals surface area contributed by atoms with Gasteiger partial charge in [0.2, 0.25) is 10.0 Å². The number of hydrogen-bond acceptors (Lipinski definition) is 4. The molecular formula is C15H20N4O3S. The van der Waals surface area contributed by atoms with Crippen molar-refractivity contribution in [3.05, 3.63) is 47.5 Å². The SMILES string of the molecule is CCCn1ccnc1CNC(=O)c1cc(S(N)(=O)=O)ccc1C. The van der Waals surface area contributed by atoms with Crippen LogP contribution in [0, 0.1) is 6.92 Å². The van der Waals surface area contributed by atoms with Crippen LogP contribution in [0.4, 0.5) is 0 Å². The number of benzene rings is 1. The lowest BCUT2D eigenvalue weighted by Gasteiger charge is -2.10. The number of nitrogens with zero attached hydrogens (tertiary/aromatic N) is 2. The molecule has 0 atom stereocenters. The second kappa shape index (κ2) is 6.93. The van der Waals surface area contributed by atoms with Crippen LogP contribution < -0.4 is 10.5 Å². The molecule has 0 fully saturated rings. The average Bonchev–Trinajstić information content (AvgIpc) is 2.92. The van der Waals surface area contributed by atoms with Gasteiger partial charge in [-0.05, 0) is 31.0 Å². The van der Waals surface area contributed by atoms with E-state index in [9.17, 15) is 13.2 Å². The summed E-state index contributed by atoms with van der Waals surface area (Å²) in [5.41, 5.74) is 0.955. The number of primary sulfonamides is 1. The van der Waals surface area contributed by atoms with Crippen molar-refractivity contribution in [3.8, 4) is 0 Å².